The average molecular weight is 295 g/mol. The van der Waals surface area contributed by atoms with Gasteiger partial charge in [-0.15, -0.1) is 0 Å². The number of aryl methyl sites for hydroxylation is 1. The summed E-state index contributed by atoms with van der Waals surface area (Å²) in [6.45, 7) is 2.53. The number of carbonyl (C=O) groups is 1. The van der Waals surface area contributed by atoms with E-state index in [4.69, 9.17) is 16.3 Å². The van der Waals surface area contributed by atoms with Gasteiger partial charge in [0, 0.05) is 7.11 Å². The number of rotatable bonds is 5. The van der Waals surface area contributed by atoms with E-state index in [1.165, 1.54) is 11.8 Å². The van der Waals surface area contributed by atoms with Crippen molar-refractivity contribution in [2.75, 3.05) is 7.11 Å². The molecule has 0 saturated carbocycles. The summed E-state index contributed by atoms with van der Waals surface area (Å²) in [4.78, 5) is 11.3. The van der Waals surface area contributed by atoms with Gasteiger partial charge in [0.05, 0.1) is 13.2 Å². The highest BCUT2D eigenvalue weighted by molar-refractivity contribution is 6.32. The van der Waals surface area contributed by atoms with Gasteiger partial charge in [-0.1, -0.05) is 35.9 Å². The van der Waals surface area contributed by atoms with Gasteiger partial charge in [0.1, 0.15) is 16.4 Å². The Kier molecular flexibility index (Phi) is 4.42. The van der Waals surface area contributed by atoms with Crippen molar-refractivity contribution < 1.29 is 14.6 Å². The summed E-state index contributed by atoms with van der Waals surface area (Å²) >= 11 is 6.13. The summed E-state index contributed by atoms with van der Waals surface area (Å²) in [5.41, 5.74) is 2.47. The fourth-order valence-corrected chi connectivity index (χ4v) is 2.28. The van der Waals surface area contributed by atoms with E-state index in [0.29, 0.717) is 12.2 Å². The molecule has 2 aromatic rings. The van der Waals surface area contributed by atoms with Gasteiger partial charge in [0.25, 0.3) is 0 Å². The van der Waals surface area contributed by atoms with Crippen LogP contribution in [0.1, 0.15) is 27.2 Å². The Morgan fingerprint density at radius 1 is 1.45 bits per heavy atom. The molecular weight excluding hydrogens is 280 g/mol. The van der Waals surface area contributed by atoms with Gasteiger partial charge in [-0.05, 0) is 18.1 Å². The number of nitrogens with zero attached hydrogens (tertiary/aromatic N) is 2. The van der Waals surface area contributed by atoms with Crippen LogP contribution in [0.15, 0.2) is 24.3 Å². The van der Waals surface area contributed by atoms with Gasteiger partial charge in [-0.3, -0.25) is 0 Å². The molecule has 5 nitrogen and oxygen atoms in total. The number of aromatic carboxylic acids is 1. The molecule has 1 aromatic heterocycles. The minimum Gasteiger partial charge on any atom is -0.478 e. The van der Waals surface area contributed by atoms with E-state index in [0.717, 1.165) is 11.1 Å². The van der Waals surface area contributed by atoms with Crippen LogP contribution in [0.4, 0.5) is 0 Å². The second kappa shape index (κ2) is 6.07. The Labute approximate surface area is 121 Å². The first kappa shape index (κ1) is 14.6. The van der Waals surface area contributed by atoms with E-state index in [9.17, 15) is 9.90 Å². The third-order valence-electron chi connectivity index (χ3n) is 3.04. The Morgan fingerprint density at radius 2 is 2.15 bits per heavy atom. The molecule has 0 bridgehead atoms. The molecule has 0 aliphatic heterocycles. The second-order valence-corrected chi connectivity index (χ2v) is 4.79. The van der Waals surface area contributed by atoms with Crippen molar-refractivity contribution in [3.05, 3.63) is 51.8 Å². The van der Waals surface area contributed by atoms with Gasteiger partial charge >= 0.3 is 5.97 Å². The van der Waals surface area contributed by atoms with Crippen LogP contribution in [-0.2, 0) is 17.9 Å². The van der Waals surface area contributed by atoms with Crippen molar-refractivity contribution >= 4 is 17.6 Å². The molecule has 0 spiro atoms. The first-order valence-electron chi connectivity index (χ1n) is 6.06. The van der Waals surface area contributed by atoms with Crippen molar-refractivity contribution in [1.29, 1.82) is 0 Å². The number of halogens is 1. The number of carboxylic acids is 1. The average Bonchev–Trinajstić information content (AvgIpc) is 2.69. The van der Waals surface area contributed by atoms with Crippen molar-refractivity contribution in [3.63, 3.8) is 0 Å². The lowest BCUT2D eigenvalue weighted by molar-refractivity contribution is 0.0692. The van der Waals surface area contributed by atoms with E-state index >= 15 is 0 Å². The van der Waals surface area contributed by atoms with Crippen LogP contribution < -0.4 is 0 Å². The topological polar surface area (TPSA) is 64.4 Å². The maximum Gasteiger partial charge on any atom is 0.340 e. The van der Waals surface area contributed by atoms with Gasteiger partial charge in [-0.2, -0.15) is 5.10 Å². The number of hydrogen-bond acceptors (Lipinski definition) is 3. The highest BCUT2D eigenvalue weighted by Gasteiger charge is 2.22. The van der Waals surface area contributed by atoms with Crippen LogP contribution in [0, 0.1) is 6.92 Å². The maximum absolute atomic E-state index is 11.3. The van der Waals surface area contributed by atoms with Crippen molar-refractivity contribution in [3.8, 4) is 0 Å². The second-order valence-electron chi connectivity index (χ2n) is 4.43. The van der Waals surface area contributed by atoms with Crippen molar-refractivity contribution in [1.82, 2.24) is 9.78 Å². The zero-order valence-electron chi connectivity index (χ0n) is 11.3. The SMILES string of the molecule is COCc1nn(Cc2ccccc2C)c(Cl)c1C(=O)O. The largest absolute Gasteiger partial charge is 0.478 e. The molecule has 0 aliphatic carbocycles. The van der Waals surface area contributed by atoms with Crippen LogP contribution in [0.3, 0.4) is 0 Å². The van der Waals surface area contributed by atoms with E-state index in [2.05, 4.69) is 5.10 Å². The number of aromatic nitrogens is 2. The fraction of sp³-hybridized carbons (Fsp3) is 0.286. The first-order valence-corrected chi connectivity index (χ1v) is 6.44. The van der Waals surface area contributed by atoms with E-state index in [1.807, 2.05) is 31.2 Å². The van der Waals surface area contributed by atoms with Gasteiger partial charge in [0.2, 0.25) is 0 Å². The van der Waals surface area contributed by atoms with Crippen LogP contribution in [0.25, 0.3) is 0 Å². The van der Waals surface area contributed by atoms with E-state index < -0.39 is 5.97 Å². The quantitative estimate of drug-likeness (QED) is 0.921. The minimum atomic E-state index is -1.10. The highest BCUT2D eigenvalue weighted by atomic mass is 35.5. The Morgan fingerprint density at radius 3 is 2.75 bits per heavy atom. The van der Waals surface area contributed by atoms with Crippen molar-refractivity contribution in [2.24, 2.45) is 0 Å². The number of hydrogen-bond donors (Lipinski definition) is 1. The number of carboxylic acid groups (broad SMARTS) is 1. The number of methoxy groups -OCH3 is 1. The molecule has 0 fully saturated rings. The summed E-state index contributed by atoms with van der Waals surface area (Å²) in [5.74, 6) is -1.10. The molecule has 1 aromatic carbocycles. The lowest BCUT2D eigenvalue weighted by Gasteiger charge is -2.06. The standard InChI is InChI=1S/C14H15ClN2O3/c1-9-5-3-4-6-10(9)7-17-13(15)12(14(18)19)11(16-17)8-20-2/h3-6H,7-8H2,1-2H3,(H,18,19). The molecule has 6 heteroatoms. The zero-order chi connectivity index (χ0) is 14.7. The lowest BCUT2D eigenvalue weighted by Crippen LogP contribution is -2.04. The molecule has 0 unspecified atom stereocenters. The molecule has 0 atom stereocenters. The molecule has 0 aliphatic rings. The smallest absolute Gasteiger partial charge is 0.340 e. The van der Waals surface area contributed by atoms with Crippen molar-refractivity contribution in [2.45, 2.75) is 20.1 Å². The maximum atomic E-state index is 11.3. The van der Waals surface area contributed by atoms with Crippen LogP contribution in [0.5, 0.6) is 0 Å². The number of benzene rings is 1. The number of ether oxygens (including phenoxy) is 1. The highest BCUT2D eigenvalue weighted by Crippen LogP contribution is 2.22. The monoisotopic (exact) mass is 294 g/mol. The van der Waals surface area contributed by atoms with Gasteiger partial charge in [-0.25, -0.2) is 9.48 Å². The molecule has 1 heterocycles. The third-order valence-corrected chi connectivity index (χ3v) is 3.42. The molecule has 0 saturated heterocycles. The predicted molar refractivity (Wildman–Crippen MR) is 75.2 cm³/mol. The Balaban J connectivity index is 2.40. The van der Waals surface area contributed by atoms with E-state index in [1.54, 1.807) is 0 Å². The third kappa shape index (κ3) is 2.84. The predicted octanol–water partition coefficient (Wildman–Crippen LogP) is 2.74. The van der Waals surface area contributed by atoms with Crippen LogP contribution in [-0.4, -0.2) is 28.0 Å². The summed E-state index contributed by atoms with van der Waals surface area (Å²) < 4.78 is 6.45. The van der Waals surface area contributed by atoms with Crippen LogP contribution in [0.2, 0.25) is 5.15 Å². The molecule has 0 amide bonds. The Bertz CT molecular complexity index is 637. The van der Waals surface area contributed by atoms with E-state index in [-0.39, 0.29) is 17.3 Å². The molecule has 106 valence electrons. The summed E-state index contributed by atoms with van der Waals surface area (Å²) in [6, 6.07) is 7.82. The molecular formula is C14H15ClN2O3. The summed E-state index contributed by atoms with van der Waals surface area (Å²) in [5, 5.41) is 13.6. The zero-order valence-corrected chi connectivity index (χ0v) is 12.0. The summed E-state index contributed by atoms with van der Waals surface area (Å²) in [6.07, 6.45) is 0. The Hall–Kier alpha value is -1.85. The minimum absolute atomic E-state index is 0.00195. The lowest BCUT2D eigenvalue weighted by atomic mass is 10.1. The first-order chi connectivity index (χ1) is 9.54. The fourth-order valence-electron chi connectivity index (χ4n) is 1.99. The molecule has 20 heavy (non-hydrogen) atoms. The van der Waals surface area contributed by atoms with Gasteiger partial charge in [0.15, 0.2) is 0 Å². The molecule has 0 radical (unpaired) electrons. The van der Waals surface area contributed by atoms with Gasteiger partial charge < -0.3 is 9.84 Å². The normalized spacial score (nSPS) is 10.8. The molecule has 1 N–H and O–H groups in total. The molecule has 2 rings (SSSR count). The summed E-state index contributed by atoms with van der Waals surface area (Å²) in [7, 11) is 1.49. The van der Waals surface area contributed by atoms with Crippen LogP contribution >= 0.6 is 11.6 Å².